The summed E-state index contributed by atoms with van der Waals surface area (Å²) in [6.07, 6.45) is 4.57. The number of aliphatic hydroxyl groups is 1. The number of rotatable bonds is 5. The van der Waals surface area contributed by atoms with Crippen molar-refractivity contribution in [3.05, 3.63) is 82.8 Å². The van der Waals surface area contributed by atoms with Crippen molar-refractivity contribution < 1.29 is 19.5 Å². The fourth-order valence-corrected chi connectivity index (χ4v) is 5.90. The Kier molecular flexibility index (Phi) is 7.73. The summed E-state index contributed by atoms with van der Waals surface area (Å²) in [4.78, 5) is 46.8. The van der Waals surface area contributed by atoms with Gasteiger partial charge in [0.25, 0.3) is 5.91 Å². The molecule has 0 fully saturated rings. The number of aromatic nitrogens is 3. The van der Waals surface area contributed by atoms with E-state index in [2.05, 4.69) is 41.8 Å². The van der Waals surface area contributed by atoms with E-state index in [1.807, 2.05) is 42.5 Å². The molecule has 0 radical (unpaired) electrons. The van der Waals surface area contributed by atoms with Crippen LogP contribution >= 0.6 is 0 Å². The van der Waals surface area contributed by atoms with E-state index in [-0.39, 0.29) is 17.9 Å². The van der Waals surface area contributed by atoms with Crippen LogP contribution in [0.4, 0.5) is 10.5 Å². The number of amides is 2. The van der Waals surface area contributed by atoms with Gasteiger partial charge in [-0.3, -0.25) is 4.79 Å². The molecular formula is C34H38N6O4. The molecule has 0 atom stereocenters. The van der Waals surface area contributed by atoms with Gasteiger partial charge in [0.2, 0.25) is 0 Å². The van der Waals surface area contributed by atoms with Gasteiger partial charge >= 0.3 is 6.09 Å². The van der Waals surface area contributed by atoms with Crippen molar-refractivity contribution >= 4 is 34.3 Å². The van der Waals surface area contributed by atoms with E-state index in [0.717, 1.165) is 34.2 Å². The molecule has 0 saturated heterocycles. The number of hydrogen-bond donors (Lipinski definition) is 2. The van der Waals surface area contributed by atoms with Crippen molar-refractivity contribution in [2.45, 2.75) is 45.6 Å². The summed E-state index contributed by atoms with van der Waals surface area (Å²) in [5, 5.41) is 13.1. The Hall–Kier alpha value is -4.54. The molecular weight excluding hydrogens is 556 g/mol. The molecule has 0 saturated carbocycles. The summed E-state index contributed by atoms with van der Waals surface area (Å²) in [6, 6.07) is 13.9. The first-order valence-electron chi connectivity index (χ1n) is 14.9. The summed E-state index contributed by atoms with van der Waals surface area (Å²) in [5.74, 6) is -0.0649. The van der Waals surface area contributed by atoms with Crippen LogP contribution in [0, 0.1) is 0 Å². The van der Waals surface area contributed by atoms with Crippen molar-refractivity contribution in [3.63, 3.8) is 0 Å². The van der Waals surface area contributed by atoms with Crippen molar-refractivity contribution in [2.75, 3.05) is 38.6 Å². The third-order valence-electron chi connectivity index (χ3n) is 8.42. The first kappa shape index (κ1) is 29.5. The molecule has 2 N–H and O–H groups in total. The van der Waals surface area contributed by atoms with Gasteiger partial charge in [-0.05, 0) is 53.2 Å². The number of H-pyrrole nitrogens is 1. The van der Waals surface area contributed by atoms with E-state index >= 15 is 0 Å². The SMILES string of the molecule is CN(C)C(=O)ON1CC=C(c2cc3c(-c4cccc(N5CCc6cc(C(C)(C)C)ccc6C5=O)c4CO)ncnc3[nH]2)CC1. The smallest absolute Gasteiger partial charge is 0.392 e. The molecule has 6 rings (SSSR count). The highest BCUT2D eigenvalue weighted by Crippen LogP contribution is 2.37. The Morgan fingerprint density at radius 1 is 1.07 bits per heavy atom. The van der Waals surface area contributed by atoms with Crippen molar-refractivity contribution in [1.82, 2.24) is 24.9 Å². The lowest BCUT2D eigenvalue weighted by atomic mass is 9.84. The summed E-state index contributed by atoms with van der Waals surface area (Å²) >= 11 is 0. The topological polar surface area (TPSA) is 115 Å². The number of nitrogens with one attached hydrogen (secondary N) is 1. The van der Waals surface area contributed by atoms with Crippen LogP contribution in [0.3, 0.4) is 0 Å². The van der Waals surface area contributed by atoms with Crippen molar-refractivity contribution in [1.29, 1.82) is 0 Å². The number of anilines is 1. The van der Waals surface area contributed by atoms with Gasteiger partial charge in [0.05, 0.1) is 24.5 Å². The van der Waals surface area contributed by atoms with Crippen LogP contribution in [0.1, 0.15) is 59.9 Å². The molecule has 44 heavy (non-hydrogen) atoms. The van der Waals surface area contributed by atoms with Gasteiger partial charge in [0, 0.05) is 55.0 Å². The number of nitrogens with zero attached hydrogens (tertiary/aromatic N) is 5. The van der Waals surface area contributed by atoms with Gasteiger partial charge in [0.15, 0.2) is 0 Å². The minimum atomic E-state index is -0.403. The Balaban J connectivity index is 1.32. The predicted molar refractivity (Wildman–Crippen MR) is 170 cm³/mol. The van der Waals surface area contributed by atoms with Crippen LogP contribution in [-0.2, 0) is 23.3 Å². The van der Waals surface area contributed by atoms with Gasteiger partial charge < -0.3 is 24.7 Å². The molecule has 10 nitrogen and oxygen atoms in total. The van der Waals surface area contributed by atoms with E-state index in [4.69, 9.17) is 4.84 Å². The second-order valence-corrected chi connectivity index (χ2v) is 12.6. The number of aromatic amines is 1. The number of aliphatic hydroxyl groups excluding tert-OH is 1. The van der Waals surface area contributed by atoms with Crippen molar-refractivity contribution in [3.8, 4) is 11.3 Å². The van der Waals surface area contributed by atoms with E-state index in [1.54, 1.807) is 24.1 Å². The zero-order valence-electron chi connectivity index (χ0n) is 25.8. The van der Waals surface area contributed by atoms with Gasteiger partial charge in [0.1, 0.15) is 12.0 Å². The van der Waals surface area contributed by atoms with Gasteiger partial charge in [-0.2, -0.15) is 0 Å². The Morgan fingerprint density at radius 3 is 2.59 bits per heavy atom. The Morgan fingerprint density at radius 2 is 1.89 bits per heavy atom. The molecule has 0 bridgehead atoms. The highest BCUT2D eigenvalue weighted by atomic mass is 16.7. The van der Waals surface area contributed by atoms with Gasteiger partial charge in [-0.25, -0.2) is 14.8 Å². The normalized spacial score (nSPS) is 15.7. The van der Waals surface area contributed by atoms with Crippen LogP contribution in [-0.4, -0.2) is 75.8 Å². The monoisotopic (exact) mass is 594 g/mol. The van der Waals surface area contributed by atoms with Gasteiger partial charge in [-0.15, -0.1) is 5.06 Å². The maximum Gasteiger partial charge on any atom is 0.428 e. The molecule has 10 heteroatoms. The zero-order valence-corrected chi connectivity index (χ0v) is 25.8. The number of carbonyl (C=O) groups is 2. The fraction of sp³-hybridized carbons (Fsp3) is 0.353. The van der Waals surface area contributed by atoms with Crippen LogP contribution in [0.5, 0.6) is 0 Å². The van der Waals surface area contributed by atoms with E-state index in [1.165, 1.54) is 16.8 Å². The highest BCUT2D eigenvalue weighted by Gasteiger charge is 2.29. The zero-order chi connectivity index (χ0) is 31.2. The van der Waals surface area contributed by atoms with Gasteiger partial charge in [-0.1, -0.05) is 51.1 Å². The molecule has 4 aromatic rings. The minimum absolute atomic E-state index is 0.00320. The summed E-state index contributed by atoms with van der Waals surface area (Å²) < 4.78 is 0. The fourth-order valence-electron chi connectivity index (χ4n) is 5.90. The minimum Gasteiger partial charge on any atom is -0.392 e. The van der Waals surface area contributed by atoms with Crippen molar-refractivity contribution in [2.24, 2.45) is 0 Å². The second-order valence-electron chi connectivity index (χ2n) is 12.6. The third-order valence-corrected chi connectivity index (χ3v) is 8.42. The number of hydroxylamine groups is 2. The average Bonchev–Trinajstić information content (AvgIpc) is 3.45. The maximum atomic E-state index is 13.8. The molecule has 0 unspecified atom stereocenters. The van der Waals surface area contributed by atoms with Crippen LogP contribution < -0.4 is 4.90 Å². The van der Waals surface area contributed by atoms with Crippen LogP contribution in [0.2, 0.25) is 0 Å². The molecule has 2 aliphatic heterocycles. The molecule has 2 aromatic heterocycles. The standard InChI is InChI=1S/C34H38N6O4/c1-34(2,3)23-9-10-24-22(17-23)13-16-40(32(24)42)29-8-6-7-25(27(29)19-41)30-26-18-28(37-31(26)36-20-35-30)21-11-14-39(15-12-21)44-33(43)38(4)5/h6-11,17-18,20,41H,12-16,19H2,1-5H3,(H,35,36,37). The van der Waals surface area contributed by atoms with Crippen LogP contribution in [0.15, 0.2) is 54.9 Å². The number of carbonyl (C=O) groups excluding carboxylic acids is 2. The molecule has 228 valence electrons. The third kappa shape index (κ3) is 5.46. The predicted octanol–water partition coefficient (Wildman–Crippen LogP) is 5.32. The Bertz CT molecular complexity index is 1780. The molecule has 0 aliphatic carbocycles. The molecule has 2 amide bonds. The lowest BCUT2D eigenvalue weighted by Crippen LogP contribution is -2.38. The molecule has 0 spiro atoms. The number of hydrogen-bond acceptors (Lipinski definition) is 7. The molecule has 2 aliphatic rings. The largest absolute Gasteiger partial charge is 0.428 e. The van der Waals surface area contributed by atoms with Crippen LogP contribution in [0.25, 0.3) is 27.9 Å². The Labute approximate surface area is 256 Å². The number of benzene rings is 2. The second kappa shape index (κ2) is 11.5. The highest BCUT2D eigenvalue weighted by molar-refractivity contribution is 6.09. The average molecular weight is 595 g/mol. The maximum absolute atomic E-state index is 13.8. The lowest BCUT2D eigenvalue weighted by molar-refractivity contribution is -0.101. The lowest BCUT2D eigenvalue weighted by Gasteiger charge is -2.32. The van der Waals surface area contributed by atoms with E-state index in [0.29, 0.717) is 54.2 Å². The van der Waals surface area contributed by atoms with E-state index in [9.17, 15) is 14.7 Å². The summed E-state index contributed by atoms with van der Waals surface area (Å²) in [7, 11) is 3.31. The molecule has 4 heterocycles. The summed E-state index contributed by atoms with van der Waals surface area (Å²) in [5.41, 5.74) is 8.44. The first-order chi connectivity index (χ1) is 21.0. The van der Waals surface area contributed by atoms with E-state index < -0.39 is 6.09 Å². The first-order valence-corrected chi connectivity index (χ1v) is 14.9. The number of fused-ring (bicyclic) bond motifs is 2. The molecule has 2 aromatic carbocycles. The quantitative estimate of drug-likeness (QED) is 0.321. The summed E-state index contributed by atoms with van der Waals surface area (Å²) in [6.45, 7) is 7.85.